The first-order valence-electron chi connectivity index (χ1n) is 5.63. The lowest BCUT2D eigenvalue weighted by Crippen LogP contribution is -2.30. The minimum atomic E-state index is 0. The topological polar surface area (TPSA) is 35.2 Å². The third-order valence-corrected chi connectivity index (χ3v) is 3.06. The van der Waals surface area contributed by atoms with Crippen molar-refractivity contribution in [2.75, 3.05) is 6.61 Å². The van der Waals surface area contributed by atoms with Gasteiger partial charge in [-0.3, -0.25) is 0 Å². The van der Waals surface area contributed by atoms with Gasteiger partial charge in [-0.1, -0.05) is 18.2 Å². The van der Waals surface area contributed by atoms with E-state index in [2.05, 4.69) is 32.0 Å². The molecule has 0 spiro atoms. The highest BCUT2D eigenvalue weighted by molar-refractivity contribution is 5.85. The van der Waals surface area contributed by atoms with E-state index in [1.54, 1.807) is 0 Å². The van der Waals surface area contributed by atoms with Gasteiger partial charge in [0, 0.05) is 6.04 Å². The van der Waals surface area contributed by atoms with Crippen molar-refractivity contribution in [2.24, 2.45) is 11.7 Å². The summed E-state index contributed by atoms with van der Waals surface area (Å²) in [6.07, 6.45) is 2.55. The molecule has 0 heterocycles. The van der Waals surface area contributed by atoms with Crippen molar-refractivity contribution in [3.63, 3.8) is 0 Å². The van der Waals surface area contributed by atoms with E-state index < -0.39 is 0 Å². The Hall–Kier alpha value is -0.730. The van der Waals surface area contributed by atoms with Crippen molar-refractivity contribution in [3.05, 3.63) is 29.3 Å². The van der Waals surface area contributed by atoms with Crippen molar-refractivity contribution >= 4 is 12.4 Å². The molecule has 0 bridgehead atoms. The van der Waals surface area contributed by atoms with E-state index in [0.717, 1.165) is 5.75 Å². The minimum Gasteiger partial charge on any atom is -0.491 e. The Labute approximate surface area is 104 Å². The van der Waals surface area contributed by atoms with Gasteiger partial charge >= 0.3 is 0 Å². The Kier molecular flexibility index (Phi) is 4.63. The third kappa shape index (κ3) is 3.13. The Morgan fingerprint density at radius 3 is 2.38 bits per heavy atom. The second-order valence-electron chi connectivity index (χ2n) is 4.53. The molecule has 90 valence electrons. The van der Waals surface area contributed by atoms with Crippen LogP contribution in [-0.2, 0) is 0 Å². The smallest absolute Gasteiger partial charge is 0.125 e. The molecule has 0 amide bonds. The average molecular weight is 242 g/mol. The molecule has 0 aliphatic heterocycles. The molecule has 2 N–H and O–H groups in total. The zero-order chi connectivity index (χ0) is 10.8. The lowest BCUT2D eigenvalue weighted by atomic mass is 10.1. The number of para-hydroxylation sites is 1. The van der Waals surface area contributed by atoms with Crippen LogP contribution in [-0.4, -0.2) is 12.6 Å². The van der Waals surface area contributed by atoms with Crippen LogP contribution in [0.5, 0.6) is 5.75 Å². The monoisotopic (exact) mass is 241 g/mol. The van der Waals surface area contributed by atoms with Crippen LogP contribution in [0.25, 0.3) is 0 Å². The molecule has 0 aromatic heterocycles. The third-order valence-electron chi connectivity index (χ3n) is 3.06. The van der Waals surface area contributed by atoms with Gasteiger partial charge in [-0.15, -0.1) is 12.4 Å². The summed E-state index contributed by atoms with van der Waals surface area (Å²) in [4.78, 5) is 0. The summed E-state index contributed by atoms with van der Waals surface area (Å²) in [5.74, 6) is 1.71. The second kappa shape index (κ2) is 5.55. The lowest BCUT2D eigenvalue weighted by Gasteiger charge is -2.15. The molecule has 1 atom stereocenters. The number of hydrogen-bond donors (Lipinski definition) is 1. The fourth-order valence-electron chi connectivity index (χ4n) is 1.87. The van der Waals surface area contributed by atoms with Crippen LogP contribution in [0.3, 0.4) is 0 Å². The average Bonchev–Trinajstić information content (AvgIpc) is 2.99. The number of nitrogens with two attached hydrogens (primary N) is 1. The molecule has 1 fully saturated rings. The van der Waals surface area contributed by atoms with E-state index >= 15 is 0 Å². The molecule has 1 aromatic carbocycles. The van der Waals surface area contributed by atoms with Crippen molar-refractivity contribution in [2.45, 2.75) is 32.7 Å². The SMILES string of the molecule is Cc1cccc(C)c1OC[C@@H](N)C1CC1.Cl. The molecule has 2 rings (SSSR count). The normalized spacial score (nSPS) is 16.4. The van der Waals surface area contributed by atoms with Crippen molar-refractivity contribution in [1.29, 1.82) is 0 Å². The zero-order valence-electron chi connectivity index (χ0n) is 9.90. The van der Waals surface area contributed by atoms with Crippen molar-refractivity contribution in [3.8, 4) is 5.75 Å². The molecule has 0 saturated heterocycles. The van der Waals surface area contributed by atoms with Crippen LogP contribution in [0, 0.1) is 19.8 Å². The highest BCUT2D eigenvalue weighted by atomic mass is 35.5. The van der Waals surface area contributed by atoms with Gasteiger partial charge in [-0.2, -0.15) is 0 Å². The molecule has 16 heavy (non-hydrogen) atoms. The number of ether oxygens (including phenoxy) is 1. The van der Waals surface area contributed by atoms with Crippen LogP contribution >= 0.6 is 12.4 Å². The van der Waals surface area contributed by atoms with Gasteiger partial charge in [0.2, 0.25) is 0 Å². The van der Waals surface area contributed by atoms with Gasteiger partial charge in [0.1, 0.15) is 12.4 Å². The molecule has 0 radical (unpaired) electrons. The van der Waals surface area contributed by atoms with Crippen LogP contribution in [0.4, 0.5) is 0 Å². The van der Waals surface area contributed by atoms with E-state index in [0.29, 0.717) is 12.5 Å². The summed E-state index contributed by atoms with van der Waals surface area (Å²) < 4.78 is 5.81. The molecule has 2 nitrogen and oxygen atoms in total. The first kappa shape index (κ1) is 13.3. The number of benzene rings is 1. The summed E-state index contributed by atoms with van der Waals surface area (Å²) in [5, 5.41) is 0. The Morgan fingerprint density at radius 2 is 1.88 bits per heavy atom. The standard InChI is InChI=1S/C13H19NO.ClH/c1-9-4-3-5-10(2)13(9)15-8-12(14)11-6-7-11;/h3-5,11-12H,6-8,14H2,1-2H3;1H/t12-;/m1./s1. The number of aryl methyl sites for hydroxylation is 2. The van der Waals surface area contributed by atoms with Crippen LogP contribution in [0.1, 0.15) is 24.0 Å². The molecule has 1 aromatic rings. The fourth-order valence-corrected chi connectivity index (χ4v) is 1.87. The molecule has 3 heteroatoms. The quantitative estimate of drug-likeness (QED) is 0.880. The Bertz CT molecular complexity index is 330. The molecule has 0 unspecified atom stereocenters. The Balaban J connectivity index is 0.00000128. The molecule has 1 aliphatic carbocycles. The first-order valence-corrected chi connectivity index (χ1v) is 5.63. The molecular weight excluding hydrogens is 222 g/mol. The van der Waals surface area contributed by atoms with Crippen molar-refractivity contribution in [1.82, 2.24) is 0 Å². The van der Waals surface area contributed by atoms with E-state index in [9.17, 15) is 0 Å². The highest BCUT2D eigenvalue weighted by Gasteiger charge is 2.28. The number of halogens is 1. The van der Waals surface area contributed by atoms with Gasteiger partial charge in [0.05, 0.1) is 0 Å². The van der Waals surface area contributed by atoms with Crippen LogP contribution < -0.4 is 10.5 Å². The zero-order valence-corrected chi connectivity index (χ0v) is 10.7. The number of hydrogen-bond acceptors (Lipinski definition) is 2. The number of rotatable bonds is 4. The van der Waals surface area contributed by atoms with Gasteiger partial charge in [-0.25, -0.2) is 0 Å². The highest BCUT2D eigenvalue weighted by Crippen LogP contribution is 2.32. The van der Waals surface area contributed by atoms with Crippen molar-refractivity contribution < 1.29 is 4.74 Å². The molecular formula is C13H20ClNO. The summed E-state index contributed by atoms with van der Waals surface area (Å²) >= 11 is 0. The maximum Gasteiger partial charge on any atom is 0.125 e. The molecule has 1 aliphatic rings. The van der Waals surface area contributed by atoms with E-state index in [1.165, 1.54) is 24.0 Å². The van der Waals surface area contributed by atoms with Gasteiger partial charge in [0.15, 0.2) is 0 Å². The van der Waals surface area contributed by atoms with E-state index in [1.807, 2.05) is 0 Å². The van der Waals surface area contributed by atoms with Crippen LogP contribution in [0.15, 0.2) is 18.2 Å². The Morgan fingerprint density at radius 1 is 1.31 bits per heavy atom. The maximum absolute atomic E-state index is 6.00. The van der Waals surface area contributed by atoms with E-state index in [4.69, 9.17) is 10.5 Å². The predicted octanol–water partition coefficient (Wildman–Crippen LogP) is 2.84. The second-order valence-corrected chi connectivity index (χ2v) is 4.53. The fraction of sp³-hybridized carbons (Fsp3) is 0.538. The van der Waals surface area contributed by atoms with Crippen LogP contribution in [0.2, 0.25) is 0 Å². The van der Waals surface area contributed by atoms with E-state index in [-0.39, 0.29) is 18.4 Å². The minimum absolute atomic E-state index is 0. The summed E-state index contributed by atoms with van der Waals surface area (Å²) in [6, 6.07) is 6.41. The maximum atomic E-state index is 6.00. The van der Waals surface area contributed by atoms with Gasteiger partial charge in [0.25, 0.3) is 0 Å². The summed E-state index contributed by atoms with van der Waals surface area (Å²) in [5.41, 5.74) is 8.39. The predicted molar refractivity (Wildman–Crippen MR) is 69.4 cm³/mol. The van der Waals surface area contributed by atoms with Gasteiger partial charge in [-0.05, 0) is 43.7 Å². The largest absolute Gasteiger partial charge is 0.491 e. The summed E-state index contributed by atoms with van der Waals surface area (Å²) in [6.45, 7) is 4.80. The molecule has 1 saturated carbocycles. The lowest BCUT2D eigenvalue weighted by molar-refractivity contribution is 0.273. The van der Waals surface area contributed by atoms with Gasteiger partial charge < -0.3 is 10.5 Å². The summed E-state index contributed by atoms with van der Waals surface area (Å²) in [7, 11) is 0. The first-order chi connectivity index (χ1) is 7.18.